The largest absolute Gasteiger partial charge is 0.450 e. The van der Waals surface area contributed by atoms with Gasteiger partial charge < -0.3 is 9.64 Å². The number of aliphatic imine (C=N–C) groups is 1. The second-order valence-corrected chi connectivity index (χ2v) is 4.11. The zero-order valence-corrected chi connectivity index (χ0v) is 10.6. The van der Waals surface area contributed by atoms with Gasteiger partial charge in [0.15, 0.2) is 0 Å². The molecule has 1 heterocycles. The van der Waals surface area contributed by atoms with Crippen LogP contribution in [0, 0.1) is 0 Å². The fourth-order valence-electron chi connectivity index (χ4n) is 1.87. The molecule has 2 rings (SSSR count). The van der Waals surface area contributed by atoms with E-state index >= 15 is 0 Å². The summed E-state index contributed by atoms with van der Waals surface area (Å²) >= 11 is 0. The highest BCUT2D eigenvalue weighted by atomic mass is 16.5. The van der Waals surface area contributed by atoms with Gasteiger partial charge >= 0.3 is 6.09 Å². The Labute approximate surface area is 106 Å². The van der Waals surface area contributed by atoms with Crippen molar-refractivity contribution in [2.45, 2.75) is 13.0 Å². The van der Waals surface area contributed by atoms with Crippen molar-refractivity contribution in [3.05, 3.63) is 35.9 Å². The number of likely N-dealkylation sites (N-methyl/N-ethyl adjacent to an activating group) is 1. The molecule has 0 radical (unpaired) electrons. The molecule has 0 aliphatic carbocycles. The molecule has 0 spiro atoms. The van der Waals surface area contributed by atoms with Gasteiger partial charge in [0.25, 0.3) is 0 Å². The molecule has 1 N–H and O–H groups in total. The lowest BCUT2D eigenvalue weighted by Gasteiger charge is -2.14. The highest BCUT2D eigenvalue weighted by Gasteiger charge is 2.24. The van der Waals surface area contributed by atoms with Gasteiger partial charge in [-0.2, -0.15) is 0 Å². The molecule has 0 bridgehead atoms. The number of carbonyl (C=O) groups excluding carboxylic acids is 1. The second-order valence-electron chi connectivity index (χ2n) is 4.11. The van der Waals surface area contributed by atoms with Crippen LogP contribution in [0.2, 0.25) is 0 Å². The summed E-state index contributed by atoms with van der Waals surface area (Å²) < 4.78 is 4.84. The Hall–Kier alpha value is -2.04. The van der Waals surface area contributed by atoms with E-state index in [-0.39, 0.29) is 6.04 Å². The van der Waals surface area contributed by atoms with Crippen molar-refractivity contribution in [1.29, 1.82) is 0 Å². The molecule has 1 aromatic carbocycles. The maximum absolute atomic E-state index is 11.3. The lowest BCUT2D eigenvalue weighted by Crippen LogP contribution is -2.39. The maximum Gasteiger partial charge on any atom is 0.413 e. The first-order valence-corrected chi connectivity index (χ1v) is 5.98. The Bertz CT molecular complexity index is 445. The number of guanidine groups is 1. The van der Waals surface area contributed by atoms with Crippen LogP contribution in [0.1, 0.15) is 18.5 Å². The zero-order chi connectivity index (χ0) is 13.0. The Balaban J connectivity index is 2.06. The van der Waals surface area contributed by atoms with Crippen LogP contribution in [0.4, 0.5) is 4.79 Å². The molecule has 1 unspecified atom stereocenters. The molecule has 0 aromatic heterocycles. The minimum absolute atomic E-state index is 0.0631. The first-order valence-electron chi connectivity index (χ1n) is 5.98. The summed E-state index contributed by atoms with van der Waals surface area (Å²) in [5.41, 5.74) is 1.14. The first kappa shape index (κ1) is 12.4. The summed E-state index contributed by atoms with van der Waals surface area (Å²) in [7, 11) is 1.90. The number of hydrogen-bond donors (Lipinski definition) is 1. The van der Waals surface area contributed by atoms with E-state index in [0.29, 0.717) is 12.6 Å². The molecule has 5 heteroatoms. The third kappa shape index (κ3) is 2.80. The third-order valence-electron chi connectivity index (χ3n) is 2.76. The van der Waals surface area contributed by atoms with E-state index in [1.165, 1.54) is 0 Å². The van der Waals surface area contributed by atoms with Gasteiger partial charge in [-0.15, -0.1) is 0 Å². The molecule has 1 aromatic rings. The van der Waals surface area contributed by atoms with Crippen LogP contribution >= 0.6 is 0 Å². The lowest BCUT2D eigenvalue weighted by molar-refractivity contribution is 0.157. The number of ether oxygens (including phenoxy) is 1. The van der Waals surface area contributed by atoms with Crippen molar-refractivity contribution in [3.8, 4) is 0 Å². The molecule has 0 fully saturated rings. The van der Waals surface area contributed by atoms with Gasteiger partial charge in [-0.1, -0.05) is 30.3 Å². The van der Waals surface area contributed by atoms with Gasteiger partial charge in [0, 0.05) is 13.6 Å². The van der Waals surface area contributed by atoms with Gasteiger partial charge in [-0.3, -0.25) is 5.32 Å². The number of alkyl carbamates (subject to hydrolysis) is 1. The predicted molar refractivity (Wildman–Crippen MR) is 69.4 cm³/mol. The van der Waals surface area contributed by atoms with E-state index < -0.39 is 6.09 Å². The average molecular weight is 247 g/mol. The molecule has 0 saturated carbocycles. The number of hydrogen-bond acceptors (Lipinski definition) is 4. The Kier molecular flexibility index (Phi) is 3.82. The number of amides is 1. The Morgan fingerprint density at radius 3 is 2.89 bits per heavy atom. The number of rotatable bonds is 2. The number of benzene rings is 1. The smallest absolute Gasteiger partial charge is 0.413 e. The van der Waals surface area contributed by atoms with Crippen molar-refractivity contribution in [2.75, 3.05) is 20.2 Å². The van der Waals surface area contributed by atoms with Gasteiger partial charge in [-0.25, -0.2) is 9.79 Å². The second kappa shape index (κ2) is 5.53. The number of nitrogens with zero attached hydrogens (tertiary/aromatic N) is 2. The van der Waals surface area contributed by atoms with Gasteiger partial charge in [0.2, 0.25) is 5.96 Å². The monoisotopic (exact) mass is 247 g/mol. The number of nitrogens with one attached hydrogen (secondary N) is 1. The van der Waals surface area contributed by atoms with E-state index in [9.17, 15) is 4.79 Å². The van der Waals surface area contributed by atoms with E-state index in [2.05, 4.69) is 10.3 Å². The van der Waals surface area contributed by atoms with Crippen molar-refractivity contribution in [1.82, 2.24) is 10.2 Å². The fraction of sp³-hybridized carbons (Fsp3) is 0.385. The summed E-state index contributed by atoms with van der Waals surface area (Å²) in [6.45, 7) is 2.88. The summed E-state index contributed by atoms with van der Waals surface area (Å²) in [6, 6.07) is 10.1. The molecule has 18 heavy (non-hydrogen) atoms. The summed E-state index contributed by atoms with van der Waals surface area (Å²) in [5, 5.41) is 2.64. The fourth-order valence-corrected chi connectivity index (χ4v) is 1.87. The minimum Gasteiger partial charge on any atom is -0.450 e. The summed E-state index contributed by atoms with van der Waals surface area (Å²) in [4.78, 5) is 17.8. The van der Waals surface area contributed by atoms with Gasteiger partial charge in [0.1, 0.15) is 0 Å². The standard InChI is InChI=1S/C13H17N3O2/c1-3-18-13(17)15-12-14-11(9-16(12)2)10-7-5-4-6-8-10/h4-8,11H,3,9H2,1-2H3,(H,14,15,17). The van der Waals surface area contributed by atoms with Crippen LogP contribution in [-0.4, -0.2) is 37.2 Å². The van der Waals surface area contributed by atoms with Crippen molar-refractivity contribution >= 4 is 12.1 Å². The minimum atomic E-state index is -0.461. The molecular formula is C13H17N3O2. The van der Waals surface area contributed by atoms with E-state index in [4.69, 9.17) is 4.74 Å². The molecular weight excluding hydrogens is 230 g/mol. The molecule has 5 nitrogen and oxygen atoms in total. The van der Waals surface area contributed by atoms with Gasteiger partial charge in [-0.05, 0) is 12.5 Å². The van der Waals surface area contributed by atoms with E-state index in [0.717, 1.165) is 12.1 Å². The van der Waals surface area contributed by atoms with Crippen LogP contribution in [0.15, 0.2) is 35.3 Å². The topological polar surface area (TPSA) is 53.9 Å². The number of carbonyl (C=O) groups is 1. The van der Waals surface area contributed by atoms with Crippen molar-refractivity contribution in [2.24, 2.45) is 4.99 Å². The molecule has 1 atom stereocenters. The first-order chi connectivity index (χ1) is 8.70. The molecule has 1 aliphatic heterocycles. The van der Waals surface area contributed by atoms with Crippen molar-refractivity contribution in [3.63, 3.8) is 0 Å². The highest BCUT2D eigenvalue weighted by molar-refractivity contribution is 5.94. The van der Waals surface area contributed by atoms with E-state index in [1.54, 1.807) is 6.92 Å². The normalized spacial score (nSPS) is 18.4. The Morgan fingerprint density at radius 2 is 2.22 bits per heavy atom. The van der Waals surface area contributed by atoms with Crippen molar-refractivity contribution < 1.29 is 9.53 Å². The molecule has 0 saturated heterocycles. The quantitative estimate of drug-likeness (QED) is 0.866. The highest BCUT2D eigenvalue weighted by Crippen LogP contribution is 2.22. The lowest BCUT2D eigenvalue weighted by atomic mass is 10.1. The SMILES string of the molecule is CCOC(=O)NC1=NC(c2ccccc2)CN1C. The zero-order valence-electron chi connectivity index (χ0n) is 10.6. The molecule has 96 valence electrons. The van der Waals surface area contributed by atoms with E-state index in [1.807, 2.05) is 42.3 Å². The maximum atomic E-state index is 11.3. The van der Waals surface area contributed by atoms with Crippen LogP contribution in [-0.2, 0) is 4.74 Å². The summed E-state index contributed by atoms with van der Waals surface area (Å²) in [5.74, 6) is 0.558. The average Bonchev–Trinajstić information content (AvgIpc) is 2.72. The van der Waals surface area contributed by atoms with Gasteiger partial charge in [0.05, 0.1) is 12.6 Å². The van der Waals surface area contributed by atoms with Crippen LogP contribution in [0.3, 0.4) is 0 Å². The Morgan fingerprint density at radius 1 is 1.50 bits per heavy atom. The summed E-state index contributed by atoms with van der Waals surface area (Å²) in [6.07, 6.45) is -0.461. The molecule has 1 aliphatic rings. The third-order valence-corrected chi connectivity index (χ3v) is 2.76. The van der Waals surface area contributed by atoms with Crippen LogP contribution in [0.25, 0.3) is 0 Å². The van der Waals surface area contributed by atoms with Crippen LogP contribution in [0.5, 0.6) is 0 Å². The molecule has 1 amide bonds. The predicted octanol–water partition coefficient (Wildman–Crippen LogP) is 1.78. The van der Waals surface area contributed by atoms with Crippen LogP contribution < -0.4 is 5.32 Å².